The van der Waals surface area contributed by atoms with Gasteiger partial charge >= 0.3 is 11.8 Å². The molecule has 0 aromatic heterocycles. The highest BCUT2D eigenvalue weighted by atomic mass is 19.3. The summed E-state index contributed by atoms with van der Waals surface area (Å²) in [5.74, 6) is -12.0. The van der Waals surface area contributed by atoms with Crippen LogP contribution in [0.5, 0.6) is 0 Å². The molecule has 1 aliphatic rings. The molecule has 0 radical (unpaired) electrons. The number of alkyl halides is 4. The van der Waals surface area contributed by atoms with Gasteiger partial charge in [0.25, 0.3) is 0 Å². The SMILES string of the molecule is CCC1=CC=C(c2cccc(F)c2F)C(F)(F)C1(F)F. The van der Waals surface area contributed by atoms with Gasteiger partial charge in [0, 0.05) is 16.7 Å². The van der Waals surface area contributed by atoms with Crippen molar-refractivity contribution in [3.05, 3.63) is 53.1 Å². The molecule has 20 heavy (non-hydrogen) atoms. The lowest BCUT2D eigenvalue weighted by Gasteiger charge is -2.33. The average Bonchev–Trinajstić information content (AvgIpc) is 2.37. The highest BCUT2D eigenvalue weighted by Gasteiger charge is 2.61. The van der Waals surface area contributed by atoms with Crippen LogP contribution in [0.4, 0.5) is 26.3 Å². The Morgan fingerprint density at radius 2 is 1.60 bits per heavy atom. The van der Waals surface area contributed by atoms with Gasteiger partial charge in [-0.05, 0) is 12.5 Å². The van der Waals surface area contributed by atoms with E-state index in [1.54, 1.807) is 0 Å². The third kappa shape index (κ3) is 1.94. The van der Waals surface area contributed by atoms with Gasteiger partial charge in [-0.15, -0.1) is 0 Å². The van der Waals surface area contributed by atoms with Crippen LogP contribution in [0, 0.1) is 11.6 Å². The molecule has 0 saturated carbocycles. The Balaban J connectivity index is 2.65. The molecular formula is C14H10F6. The molecule has 0 spiro atoms. The molecule has 1 aromatic rings. The fourth-order valence-electron chi connectivity index (χ4n) is 2.07. The number of rotatable bonds is 2. The molecule has 0 saturated heterocycles. The van der Waals surface area contributed by atoms with E-state index in [0.717, 1.165) is 24.3 Å². The number of benzene rings is 1. The summed E-state index contributed by atoms with van der Waals surface area (Å²) in [5.41, 5.74) is -2.83. The minimum Gasteiger partial charge on any atom is -0.204 e. The smallest absolute Gasteiger partial charge is 0.204 e. The molecule has 0 nitrogen and oxygen atoms in total. The summed E-state index contributed by atoms with van der Waals surface area (Å²) in [6, 6.07) is 2.56. The van der Waals surface area contributed by atoms with Crippen LogP contribution in [0.15, 0.2) is 35.9 Å². The standard InChI is InChI=1S/C14H10F6/c1-2-8-6-7-10(14(19,20)13(8,17)18)9-4-3-5-11(15)12(9)16/h3-7H,2H2,1H3. The Bertz CT molecular complexity index is 598. The lowest BCUT2D eigenvalue weighted by atomic mass is 9.85. The van der Waals surface area contributed by atoms with Crippen LogP contribution in [0.3, 0.4) is 0 Å². The summed E-state index contributed by atoms with van der Waals surface area (Å²) in [4.78, 5) is 0. The van der Waals surface area contributed by atoms with Gasteiger partial charge in [-0.3, -0.25) is 0 Å². The Labute approximate surface area is 111 Å². The van der Waals surface area contributed by atoms with Gasteiger partial charge in [-0.25, -0.2) is 8.78 Å². The van der Waals surface area contributed by atoms with E-state index in [4.69, 9.17) is 0 Å². The summed E-state index contributed by atoms with van der Waals surface area (Å²) < 4.78 is 82.0. The summed E-state index contributed by atoms with van der Waals surface area (Å²) in [6.07, 6.45) is 1.28. The van der Waals surface area contributed by atoms with Crippen molar-refractivity contribution in [2.75, 3.05) is 0 Å². The molecule has 0 aliphatic heterocycles. The molecule has 1 aromatic carbocycles. The zero-order valence-corrected chi connectivity index (χ0v) is 10.4. The van der Waals surface area contributed by atoms with Gasteiger partial charge in [0.15, 0.2) is 11.6 Å². The van der Waals surface area contributed by atoms with Crippen LogP contribution >= 0.6 is 0 Å². The predicted molar refractivity (Wildman–Crippen MR) is 62.6 cm³/mol. The van der Waals surface area contributed by atoms with Crippen molar-refractivity contribution >= 4 is 5.57 Å². The Hall–Kier alpha value is -1.72. The first-order valence-corrected chi connectivity index (χ1v) is 5.85. The van der Waals surface area contributed by atoms with Crippen molar-refractivity contribution in [2.24, 2.45) is 0 Å². The molecule has 108 valence electrons. The van der Waals surface area contributed by atoms with Crippen LogP contribution in [0.2, 0.25) is 0 Å². The van der Waals surface area contributed by atoms with Crippen molar-refractivity contribution in [2.45, 2.75) is 25.2 Å². The Morgan fingerprint density at radius 3 is 2.20 bits per heavy atom. The van der Waals surface area contributed by atoms with Gasteiger partial charge < -0.3 is 0 Å². The fourth-order valence-corrected chi connectivity index (χ4v) is 2.07. The highest BCUT2D eigenvalue weighted by Crippen LogP contribution is 2.51. The monoisotopic (exact) mass is 292 g/mol. The van der Waals surface area contributed by atoms with E-state index < -0.39 is 40.2 Å². The van der Waals surface area contributed by atoms with E-state index in [2.05, 4.69) is 0 Å². The largest absolute Gasteiger partial charge is 0.340 e. The first-order chi connectivity index (χ1) is 9.23. The summed E-state index contributed by atoms with van der Waals surface area (Å²) >= 11 is 0. The van der Waals surface area contributed by atoms with Crippen LogP contribution < -0.4 is 0 Å². The lowest BCUT2D eigenvalue weighted by molar-refractivity contribution is -0.149. The van der Waals surface area contributed by atoms with Gasteiger partial charge in [-0.1, -0.05) is 31.2 Å². The molecule has 0 N–H and O–H groups in total. The third-order valence-electron chi connectivity index (χ3n) is 3.21. The van der Waals surface area contributed by atoms with Crippen LogP contribution in [0.25, 0.3) is 5.57 Å². The van der Waals surface area contributed by atoms with E-state index in [1.165, 1.54) is 6.92 Å². The predicted octanol–water partition coefficient (Wildman–Crippen LogP) is 4.97. The molecule has 0 atom stereocenters. The van der Waals surface area contributed by atoms with Crippen molar-refractivity contribution in [3.63, 3.8) is 0 Å². The molecule has 2 rings (SSSR count). The molecule has 0 amide bonds. The zero-order chi connectivity index (χ0) is 15.1. The van der Waals surface area contributed by atoms with E-state index in [9.17, 15) is 26.3 Å². The summed E-state index contributed by atoms with van der Waals surface area (Å²) in [6.45, 7) is 1.32. The summed E-state index contributed by atoms with van der Waals surface area (Å²) in [7, 11) is 0. The molecule has 6 heteroatoms. The fraction of sp³-hybridized carbons (Fsp3) is 0.286. The summed E-state index contributed by atoms with van der Waals surface area (Å²) in [5, 5.41) is 0. The van der Waals surface area contributed by atoms with E-state index in [1.807, 2.05) is 0 Å². The second-order valence-electron chi connectivity index (χ2n) is 4.38. The maximum Gasteiger partial charge on any atom is 0.340 e. The van der Waals surface area contributed by atoms with Crippen molar-refractivity contribution in [1.29, 1.82) is 0 Å². The number of halogens is 6. The molecule has 1 aliphatic carbocycles. The number of allylic oxidation sites excluding steroid dienone is 4. The second-order valence-corrected chi connectivity index (χ2v) is 4.38. The minimum atomic E-state index is -4.60. The first-order valence-electron chi connectivity index (χ1n) is 5.85. The first kappa shape index (κ1) is 14.7. The number of hydrogen-bond donors (Lipinski definition) is 0. The highest BCUT2D eigenvalue weighted by molar-refractivity contribution is 5.76. The maximum absolute atomic E-state index is 13.9. The Morgan fingerprint density at radius 1 is 0.950 bits per heavy atom. The van der Waals surface area contributed by atoms with Crippen LogP contribution in [-0.4, -0.2) is 11.8 Å². The average molecular weight is 292 g/mol. The van der Waals surface area contributed by atoms with Gasteiger partial charge in [-0.2, -0.15) is 17.6 Å². The normalized spacial score (nSPS) is 20.4. The van der Waals surface area contributed by atoms with E-state index in [0.29, 0.717) is 6.08 Å². The van der Waals surface area contributed by atoms with Gasteiger partial charge in [0.2, 0.25) is 0 Å². The quantitative estimate of drug-likeness (QED) is 0.675. The molecule has 0 fully saturated rings. The van der Waals surface area contributed by atoms with Crippen molar-refractivity contribution in [3.8, 4) is 0 Å². The van der Waals surface area contributed by atoms with Crippen molar-refractivity contribution in [1.82, 2.24) is 0 Å². The van der Waals surface area contributed by atoms with E-state index in [-0.39, 0.29) is 6.42 Å². The number of hydrogen-bond acceptors (Lipinski definition) is 0. The topological polar surface area (TPSA) is 0 Å². The van der Waals surface area contributed by atoms with Gasteiger partial charge in [0.1, 0.15) is 0 Å². The molecule has 0 bridgehead atoms. The van der Waals surface area contributed by atoms with Crippen LogP contribution in [0.1, 0.15) is 18.9 Å². The zero-order valence-electron chi connectivity index (χ0n) is 10.4. The van der Waals surface area contributed by atoms with E-state index >= 15 is 0 Å². The minimum absolute atomic E-state index is 0.266. The molecule has 0 unspecified atom stereocenters. The Kier molecular flexibility index (Phi) is 3.44. The lowest BCUT2D eigenvalue weighted by Crippen LogP contribution is -2.44. The van der Waals surface area contributed by atoms with Crippen molar-refractivity contribution < 1.29 is 26.3 Å². The molecular weight excluding hydrogens is 282 g/mol. The third-order valence-corrected chi connectivity index (χ3v) is 3.21. The second kappa shape index (κ2) is 4.68. The maximum atomic E-state index is 13.9. The van der Waals surface area contributed by atoms with Gasteiger partial charge in [0.05, 0.1) is 0 Å². The van der Waals surface area contributed by atoms with Crippen LogP contribution in [-0.2, 0) is 0 Å². The molecule has 0 heterocycles.